The number of fused-ring (bicyclic) bond motifs is 1. The van der Waals surface area contributed by atoms with Crippen LogP contribution in [0.25, 0.3) is 5.65 Å². The maximum absolute atomic E-state index is 10.6. The minimum absolute atomic E-state index is 0.0760. The van der Waals surface area contributed by atoms with Crippen LogP contribution in [0.3, 0.4) is 0 Å². The van der Waals surface area contributed by atoms with Gasteiger partial charge in [0.2, 0.25) is 0 Å². The summed E-state index contributed by atoms with van der Waals surface area (Å²) in [6.45, 7) is 1.87. The Hall–Kier alpha value is -1.91. The highest BCUT2D eigenvalue weighted by Gasteiger charge is 2.13. The van der Waals surface area contributed by atoms with Crippen molar-refractivity contribution in [3.8, 4) is 0 Å². The second-order valence-corrected chi connectivity index (χ2v) is 3.48. The molecule has 15 heavy (non-hydrogen) atoms. The van der Waals surface area contributed by atoms with E-state index in [1.54, 1.807) is 4.52 Å². The first kappa shape index (κ1) is 9.64. The lowest BCUT2D eigenvalue weighted by atomic mass is 10.0. The van der Waals surface area contributed by atoms with Gasteiger partial charge in [0.05, 0.1) is 6.42 Å². The smallest absolute Gasteiger partial charge is 0.304 e. The fourth-order valence-electron chi connectivity index (χ4n) is 1.61. The van der Waals surface area contributed by atoms with E-state index in [0.29, 0.717) is 0 Å². The third-order valence-electron chi connectivity index (χ3n) is 2.32. The number of nitrogens with zero attached hydrogens (tertiary/aromatic N) is 3. The standard InChI is InChI=1S/C10H11N3O2/c1-7(5-10(14)15)8-3-2-4-9-11-6-12-13(8)9/h2-4,6-7H,5H2,1H3,(H,14,15). The van der Waals surface area contributed by atoms with Crippen LogP contribution in [-0.4, -0.2) is 25.7 Å². The molecule has 5 nitrogen and oxygen atoms in total. The van der Waals surface area contributed by atoms with Crippen molar-refractivity contribution in [2.45, 2.75) is 19.3 Å². The van der Waals surface area contributed by atoms with Gasteiger partial charge >= 0.3 is 5.97 Å². The van der Waals surface area contributed by atoms with Crippen LogP contribution >= 0.6 is 0 Å². The fourth-order valence-corrected chi connectivity index (χ4v) is 1.61. The Bertz CT molecular complexity index is 492. The molecule has 5 heteroatoms. The Morgan fingerprint density at radius 3 is 3.13 bits per heavy atom. The van der Waals surface area contributed by atoms with E-state index in [9.17, 15) is 4.79 Å². The molecule has 0 saturated carbocycles. The van der Waals surface area contributed by atoms with Crippen molar-refractivity contribution < 1.29 is 9.90 Å². The summed E-state index contributed by atoms with van der Waals surface area (Å²) < 4.78 is 1.67. The summed E-state index contributed by atoms with van der Waals surface area (Å²) in [5.41, 5.74) is 1.61. The Balaban J connectivity index is 2.42. The first-order chi connectivity index (χ1) is 7.18. The van der Waals surface area contributed by atoms with E-state index in [4.69, 9.17) is 5.11 Å². The number of carboxylic acid groups (broad SMARTS) is 1. The van der Waals surface area contributed by atoms with E-state index in [-0.39, 0.29) is 12.3 Å². The molecule has 0 radical (unpaired) electrons. The van der Waals surface area contributed by atoms with Gasteiger partial charge in [-0.15, -0.1) is 0 Å². The van der Waals surface area contributed by atoms with Crippen LogP contribution < -0.4 is 0 Å². The molecule has 0 saturated heterocycles. The van der Waals surface area contributed by atoms with E-state index in [1.807, 2.05) is 25.1 Å². The normalized spacial score (nSPS) is 12.9. The van der Waals surface area contributed by atoms with Gasteiger partial charge in [-0.2, -0.15) is 5.10 Å². The van der Waals surface area contributed by atoms with Gasteiger partial charge in [-0.25, -0.2) is 9.50 Å². The highest BCUT2D eigenvalue weighted by atomic mass is 16.4. The molecular formula is C10H11N3O2. The molecule has 0 aliphatic carbocycles. The number of carbonyl (C=O) groups is 1. The zero-order chi connectivity index (χ0) is 10.8. The predicted octanol–water partition coefficient (Wildman–Crippen LogP) is 1.31. The van der Waals surface area contributed by atoms with Crippen molar-refractivity contribution in [2.75, 3.05) is 0 Å². The van der Waals surface area contributed by atoms with Gasteiger partial charge in [-0.05, 0) is 12.1 Å². The third-order valence-corrected chi connectivity index (χ3v) is 2.32. The minimum Gasteiger partial charge on any atom is -0.481 e. The average Bonchev–Trinajstić information content (AvgIpc) is 2.63. The van der Waals surface area contributed by atoms with E-state index < -0.39 is 5.97 Å². The molecular weight excluding hydrogens is 194 g/mol. The van der Waals surface area contributed by atoms with Crippen LogP contribution in [0.4, 0.5) is 0 Å². The number of pyridine rings is 1. The van der Waals surface area contributed by atoms with E-state index in [1.165, 1.54) is 6.33 Å². The zero-order valence-electron chi connectivity index (χ0n) is 8.29. The summed E-state index contributed by atoms with van der Waals surface area (Å²) in [6, 6.07) is 5.57. The average molecular weight is 205 g/mol. The Kier molecular flexibility index (Phi) is 2.37. The highest BCUT2D eigenvalue weighted by Crippen LogP contribution is 2.18. The molecule has 1 unspecified atom stereocenters. The molecule has 0 aliphatic rings. The van der Waals surface area contributed by atoms with Crippen LogP contribution in [0.5, 0.6) is 0 Å². The van der Waals surface area contributed by atoms with Crippen LogP contribution in [0.1, 0.15) is 25.0 Å². The first-order valence-electron chi connectivity index (χ1n) is 4.69. The topological polar surface area (TPSA) is 67.5 Å². The van der Waals surface area contributed by atoms with Gasteiger partial charge in [0.15, 0.2) is 5.65 Å². The molecule has 78 valence electrons. The van der Waals surface area contributed by atoms with Crippen LogP contribution in [0.15, 0.2) is 24.5 Å². The highest BCUT2D eigenvalue weighted by molar-refractivity contribution is 5.67. The monoisotopic (exact) mass is 205 g/mol. The second kappa shape index (κ2) is 3.68. The summed E-state index contributed by atoms with van der Waals surface area (Å²) in [5, 5.41) is 12.8. The summed E-state index contributed by atoms with van der Waals surface area (Å²) >= 11 is 0. The molecule has 1 atom stereocenters. The lowest BCUT2D eigenvalue weighted by molar-refractivity contribution is -0.137. The van der Waals surface area contributed by atoms with Crippen LogP contribution in [-0.2, 0) is 4.79 Å². The quantitative estimate of drug-likeness (QED) is 0.820. The van der Waals surface area contributed by atoms with Crippen LogP contribution in [0.2, 0.25) is 0 Å². The molecule has 2 heterocycles. The molecule has 1 N–H and O–H groups in total. The van der Waals surface area contributed by atoms with Gasteiger partial charge < -0.3 is 5.11 Å². The van der Waals surface area contributed by atoms with Crippen molar-refractivity contribution >= 4 is 11.6 Å². The number of hydrogen-bond acceptors (Lipinski definition) is 3. The number of hydrogen-bond donors (Lipinski definition) is 1. The van der Waals surface area contributed by atoms with Gasteiger partial charge in [0.1, 0.15) is 6.33 Å². The SMILES string of the molecule is CC(CC(=O)O)c1cccc2ncnn12. The Labute approximate surface area is 86.4 Å². The molecule has 0 aromatic carbocycles. The summed E-state index contributed by atoms with van der Waals surface area (Å²) in [6.07, 6.45) is 1.56. The predicted molar refractivity (Wildman–Crippen MR) is 53.7 cm³/mol. The molecule has 0 fully saturated rings. The van der Waals surface area contributed by atoms with E-state index in [0.717, 1.165) is 11.3 Å². The van der Waals surface area contributed by atoms with Crippen molar-refractivity contribution in [2.24, 2.45) is 0 Å². The minimum atomic E-state index is -0.806. The van der Waals surface area contributed by atoms with E-state index in [2.05, 4.69) is 10.1 Å². The van der Waals surface area contributed by atoms with Crippen molar-refractivity contribution in [3.05, 3.63) is 30.2 Å². The Morgan fingerprint density at radius 2 is 2.40 bits per heavy atom. The number of rotatable bonds is 3. The van der Waals surface area contributed by atoms with Crippen molar-refractivity contribution in [1.82, 2.24) is 14.6 Å². The van der Waals surface area contributed by atoms with Gasteiger partial charge in [-0.1, -0.05) is 13.0 Å². The van der Waals surface area contributed by atoms with E-state index >= 15 is 0 Å². The lowest BCUT2D eigenvalue weighted by Crippen LogP contribution is -2.07. The molecule has 0 amide bonds. The number of aliphatic carboxylic acids is 1. The molecule has 2 aromatic rings. The second-order valence-electron chi connectivity index (χ2n) is 3.48. The molecule has 2 rings (SSSR count). The molecule has 0 spiro atoms. The van der Waals surface area contributed by atoms with Gasteiger partial charge in [-0.3, -0.25) is 4.79 Å². The maximum atomic E-state index is 10.6. The van der Waals surface area contributed by atoms with Gasteiger partial charge in [0.25, 0.3) is 0 Å². The van der Waals surface area contributed by atoms with Crippen LogP contribution in [0, 0.1) is 0 Å². The zero-order valence-corrected chi connectivity index (χ0v) is 8.29. The molecule has 0 aliphatic heterocycles. The molecule has 0 bridgehead atoms. The number of aromatic nitrogens is 3. The molecule has 2 aromatic heterocycles. The largest absolute Gasteiger partial charge is 0.481 e. The summed E-state index contributed by atoms with van der Waals surface area (Å²) in [5.74, 6) is -0.882. The number of carboxylic acids is 1. The first-order valence-corrected chi connectivity index (χ1v) is 4.69. The third kappa shape index (κ3) is 1.81. The van der Waals surface area contributed by atoms with Gasteiger partial charge in [0, 0.05) is 11.6 Å². The van der Waals surface area contributed by atoms with Crippen molar-refractivity contribution in [3.63, 3.8) is 0 Å². The maximum Gasteiger partial charge on any atom is 0.304 e. The summed E-state index contributed by atoms with van der Waals surface area (Å²) in [4.78, 5) is 14.7. The fraction of sp³-hybridized carbons (Fsp3) is 0.300. The Morgan fingerprint density at radius 1 is 1.60 bits per heavy atom. The summed E-state index contributed by atoms with van der Waals surface area (Å²) in [7, 11) is 0. The van der Waals surface area contributed by atoms with Crippen molar-refractivity contribution in [1.29, 1.82) is 0 Å². The lowest BCUT2D eigenvalue weighted by Gasteiger charge is -2.09.